The van der Waals surface area contributed by atoms with Crippen molar-refractivity contribution in [2.24, 2.45) is 5.92 Å². The number of hydrogen-bond donors (Lipinski definition) is 1. The number of morpholine rings is 1. The van der Waals surface area contributed by atoms with Crippen LogP contribution in [0.5, 0.6) is 5.75 Å². The molecule has 3 heterocycles. The number of benzene rings is 1. The Morgan fingerprint density at radius 2 is 2.00 bits per heavy atom. The van der Waals surface area contributed by atoms with E-state index in [2.05, 4.69) is 10.2 Å². The van der Waals surface area contributed by atoms with Gasteiger partial charge in [0.2, 0.25) is 5.91 Å². The third kappa shape index (κ3) is 3.16. The first-order chi connectivity index (χ1) is 13.6. The molecule has 2 amide bonds. The Bertz CT molecular complexity index is 763. The summed E-state index contributed by atoms with van der Waals surface area (Å²) >= 11 is 0. The molecule has 1 saturated carbocycles. The molecule has 0 bridgehead atoms. The van der Waals surface area contributed by atoms with E-state index in [0.717, 1.165) is 17.9 Å². The van der Waals surface area contributed by atoms with Gasteiger partial charge >= 0.3 is 0 Å². The number of nitrogens with one attached hydrogen (secondary N) is 1. The minimum Gasteiger partial charge on any atom is -0.480 e. The molecule has 2 atom stereocenters. The van der Waals surface area contributed by atoms with Gasteiger partial charge in [0, 0.05) is 26.6 Å². The number of nitrogens with zero attached hydrogens (tertiary/aromatic N) is 2. The fourth-order valence-electron chi connectivity index (χ4n) is 4.64. The van der Waals surface area contributed by atoms with Gasteiger partial charge in [-0.25, -0.2) is 0 Å². The molecule has 2 saturated heterocycles. The quantitative estimate of drug-likeness (QED) is 0.814. The van der Waals surface area contributed by atoms with Crippen LogP contribution in [0.2, 0.25) is 0 Å². The van der Waals surface area contributed by atoms with Gasteiger partial charge in [-0.15, -0.1) is 0 Å². The Balaban J connectivity index is 1.21. The zero-order valence-electron chi connectivity index (χ0n) is 16.2. The normalized spacial score (nSPS) is 28.4. The summed E-state index contributed by atoms with van der Waals surface area (Å²) in [5.74, 6) is 1.56. The monoisotopic (exact) mass is 385 g/mol. The second-order valence-corrected chi connectivity index (χ2v) is 8.61. The lowest BCUT2D eigenvalue weighted by molar-refractivity contribution is -0.206. The second-order valence-electron chi connectivity index (χ2n) is 8.61. The van der Waals surface area contributed by atoms with E-state index in [1.54, 1.807) is 7.05 Å². The molecule has 1 aliphatic carbocycles. The van der Waals surface area contributed by atoms with Crippen LogP contribution in [0.15, 0.2) is 24.3 Å². The highest BCUT2D eigenvalue weighted by Crippen LogP contribution is 2.37. The van der Waals surface area contributed by atoms with Gasteiger partial charge in [-0.3, -0.25) is 14.5 Å². The van der Waals surface area contributed by atoms with Crippen molar-refractivity contribution >= 4 is 11.8 Å². The van der Waals surface area contributed by atoms with Crippen molar-refractivity contribution < 1.29 is 19.1 Å². The van der Waals surface area contributed by atoms with Crippen LogP contribution < -0.4 is 10.1 Å². The van der Waals surface area contributed by atoms with Crippen molar-refractivity contribution in [2.75, 3.05) is 39.8 Å². The second kappa shape index (κ2) is 6.74. The summed E-state index contributed by atoms with van der Waals surface area (Å²) in [5, 5.41) is 2.75. The molecule has 1 spiro atoms. The lowest BCUT2D eigenvalue weighted by Gasteiger charge is -2.55. The molecule has 28 heavy (non-hydrogen) atoms. The Morgan fingerprint density at radius 1 is 1.21 bits per heavy atom. The van der Waals surface area contributed by atoms with Crippen molar-refractivity contribution in [3.8, 4) is 5.75 Å². The predicted octanol–water partition coefficient (Wildman–Crippen LogP) is 0.428. The summed E-state index contributed by atoms with van der Waals surface area (Å²) in [4.78, 5) is 29.2. The van der Waals surface area contributed by atoms with Gasteiger partial charge in [-0.2, -0.15) is 0 Å². The maximum atomic E-state index is 12.9. The van der Waals surface area contributed by atoms with E-state index in [9.17, 15) is 9.59 Å². The number of para-hydroxylation sites is 1. The zero-order chi connectivity index (χ0) is 19.3. The third-order valence-electron chi connectivity index (χ3n) is 6.41. The van der Waals surface area contributed by atoms with E-state index >= 15 is 0 Å². The van der Waals surface area contributed by atoms with E-state index in [-0.39, 0.29) is 23.5 Å². The van der Waals surface area contributed by atoms with Crippen LogP contribution in [-0.2, 0) is 20.7 Å². The highest BCUT2D eigenvalue weighted by Gasteiger charge is 2.53. The zero-order valence-corrected chi connectivity index (χ0v) is 16.2. The van der Waals surface area contributed by atoms with Gasteiger partial charge in [0.1, 0.15) is 17.4 Å². The average Bonchev–Trinajstić information content (AvgIpc) is 3.39. The molecule has 0 aromatic heterocycles. The molecule has 0 unspecified atom stereocenters. The number of likely N-dealkylation sites (N-methyl/N-ethyl adjacent to an activating group) is 1. The molecule has 0 radical (unpaired) electrons. The van der Waals surface area contributed by atoms with Crippen LogP contribution in [0.4, 0.5) is 0 Å². The number of carbonyl (C=O) groups is 2. The fourth-order valence-corrected chi connectivity index (χ4v) is 4.64. The predicted molar refractivity (Wildman–Crippen MR) is 102 cm³/mol. The average molecular weight is 385 g/mol. The molecule has 1 aromatic carbocycles. The Morgan fingerprint density at radius 3 is 2.71 bits per heavy atom. The summed E-state index contributed by atoms with van der Waals surface area (Å²) in [6.07, 6.45) is 2.69. The highest BCUT2D eigenvalue weighted by molar-refractivity contribution is 5.84. The van der Waals surface area contributed by atoms with Crippen molar-refractivity contribution in [2.45, 2.75) is 37.0 Å². The number of ether oxygens (including phenoxy) is 2. The summed E-state index contributed by atoms with van der Waals surface area (Å²) in [7, 11) is 1.67. The third-order valence-corrected chi connectivity index (χ3v) is 6.41. The molecule has 3 aliphatic heterocycles. The Hall–Kier alpha value is -2.12. The first-order valence-electron chi connectivity index (χ1n) is 10.2. The number of fused-ring (bicyclic) bond motifs is 1. The van der Waals surface area contributed by atoms with Crippen LogP contribution in [0, 0.1) is 5.92 Å². The highest BCUT2D eigenvalue weighted by atomic mass is 16.5. The summed E-state index contributed by atoms with van der Waals surface area (Å²) in [6.45, 7) is 3.18. The van der Waals surface area contributed by atoms with E-state index in [1.165, 1.54) is 12.8 Å². The largest absolute Gasteiger partial charge is 0.480 e. The molecular weight excluding hydrogens is 358 g/mol. The minimum atomic E-state index is -0.431. The van der Waals surface area contributed by atoms with Gasteiger partial charge < -0.3 is 19.7 Å². The van der Waals surface area contributed by atoms with E-state index < -0.39 is 6.10 Å². The number of carbonyl (C=O) groups excluding carboxylic acids is 2. The van der Waals surface area contributed by atoms with Crippen LogP contribution in [0.25, 0.3) is 0 Å². The van der Waals surface area contributed by atoms with Crippen LogP contribution in [0.1, 0.15) is 18.4 Å². The molecule has 7 heteroatoms. The fraction of sp³-hybridized carbons (Fsp3) is 0.619. The molecule has 1 N–H and O–H groups in total. The van der Waals surface area contributed by atoms with Crippen molar-refractivity contribution in [1.82, 2.24) is 15.1 Å². The molecule has 4 aliphatic rings. The maximum Gasteiger partial charge on any atom is 0.264 e. The summed E-state index contributed by atoms with van der Waals surface area (Å²) in [6, 6.07) is 7.60. The van der Waals surface area contributed by atoms with Gasteiger partial charge in [0.05, 0.1) is 19.7 Å². The smallest absolute Gasteiger partial charge is 0.264 e. The van der Waals surface area contributed by atoms with Crippen LogP contribution in [0.3, 0.4) is 0 Å². The van der Waals surface area contributed by atoms with E-state index in [0.29, 0.717) is 38.6 Å². The molecule has 5 rings (SSSR count). The van der Waals surface area contributed by atoms with Gasteiger partial charge in [-0.05, 0) is 30.4 Å². The van der Waals surface area contributed by atoms with E-state index in [4.69, 9.17) is 9.47 Å². The first-order valence-corrected chi connectivity index (χ1v) is 10.2. The topological polar surface area (TPSA) is 71.1 Å². The molecule has 1 aromatic rings. The number of likely N-dealkylation sites (tertiary alicyclic amines) is 1. The number of rotatable bonds is 4. The lowest BCUT2D eigenvalue weighted by atomic mass is 9.89. The molecular formula is C21H27N3O4. The van der Waals surface area contributed by atoms with Crippen molar-refractivity contribution in [1.29, 1.82) is 0 Å². The summed E-state index contributed by atoms with van der Waals surface area (Å²) < 4.78 is 12.0. The first kappa shape index (κ1) is 17.9. The maximum absolute atomic E-state index is 12.9. The SMILES string of the molecule is CNC(=O)[C@H]1COC2(CN(C(=O)[C@@H]3Cc4ccccc4O3)C2)CN1CC1CC1. The van der Waals surface area contributed by atoms with Crippen LogP contribution >= 0.6 is 0 Å². The standard InChI is InChI=1S/C21H27N3O4/c1-22-19(25)16-10-27-21(11-23(16)9-14-6-7-14)12-24(13-21)20(26)18-8-15-4-2-3-5-17(15)28-18/h2-5,14,16,18H,6-13H2,1H3,(H,22,25)/t16-,18+/m1/s1. The number of hydrogen-bond acceptors (Lipinski definition) is 5. The molecule has 7 nitrogen and oxygen atoms in total. The van der Waals surface area contributed by atoms with Gasteiger partial charge in [0.25, 0.3) is 5.91 Å². The van der Waals surface area contributed by atoms with E-state index in [1.807, 2.05) is 29.2 Å². The van der Waals surface area contributed by atoms with Gasteiger partial charge in [0.15, 0.2) is 6.10 Å². The number of amides is 2. The minimum absolute atomic E-state index is 0.0138. The Kier molecular flexibility index (Phi) is 4.32. The summed E-state index contributed by atoms with van der Waals surface area (Å²) in [5.41, 5.74) is 0.745. The lowest BCUT2D eigenvalue weighted by Crippen LogP contribution is -2.74. The van der Waals surface area contributed by atoms with Gasteiger partial charge in [-0.1, -0.05) is 18.2 Å². The van der Waals surface area contributed by atoms with Crippen molar-refractivity contribution in [3.63, 3.8) is 0 Å². The van der Waals surface area contributed by atoms with Crippen LogP contribution in [-0.4, -0.2) is 79.2 Å². The molecule has 3 fully saturated rings. The Labute approximate surface area is 165 Å². The van der Waals surface area contributed by atoms with Crippen molar-refractivity contribution in [3.05, 3.63) is 29.8 Å². The molecule has 150 valence electrons.